The Morgan fingerprint density at radius 2 is 2.11 bits per heavy atom. The zero-order chi connectivity index (χ0) is 12.5. The molecule has 1 N–H and O–H groups in total. The van der Waals surface area contributed by atoms with Gasteiger partial charge in [-0.2, -0.15) is 0 Å². The Balaban J connectivity index is 2.10. The molecule has 0 unspecified atom stereocenters. The lowest BCUT2D eigenvalue weighted by Crippen LogP contribution is -2.28. The van der Waals surface area contributed by atoms with E-state index in [1.807, 2.05) is 0 Å². The Morgan fingerprint density at radius 3 is 2.89 bits per heavy atom. The first-order chi connectivity index (χ1) is 8.74. The van der Waals surface area contributed by atoms with Crippen molar-refractivity contribution in [2.45, 2.75) is 18.8 Å². The molecule has 0 saturated carbocycles. The van der Waals surface area contributed by atoms with Crippen LogP contribution in [-0.4, -0.2) is 22.5 Å². The van der Waals surface area contributed by atoms with Gasteiger partial charge >= 0.3 is 0 Å². The summed E-state index contributed by atoms with van der Waals surface area (Å²) in [6, 6.07) is 4.13. The lowest BCUT2D eigenvalue weighted by Gasteiger charge is -2.22. The van der Waals surface area contributed by atoms with E-state index in [0.717, 1.165) is 31.6 Å². The van der Waals surface area contributed by atoms with Gasteiger partial charge in [-0.3, -0.25) is 9.20 Å². The number of hydrogen-bond acceptors (Lipinski definition) is 3. The summed E-state index contributed by atoms with van der Waals surface area (Å²) in [5.74, 6) is -0.0726. The molecular weight excluding hydrogens is 233 g/mol. The highest BCUT2D eigenvalue weighted by molar-refractivity contribution is 5.39. The predicted molar refractivity (Wildman–Crippen MR) is 66.3 cm³/mol. The molecule has 94 valence electrons. The molecule has 1 saturated heterocycles. The summed E-state index contributed by atoms with van der Waals surface area (Å²) in [5, 5.41) is 3.27. The minimum atomic E-state index is -0.371. The number of pyridine rings is 1. The van der Waals surface area contributed by atoms with Gasteiger partial charge in [0.2, 0.25) is 0 Å². The summed E-state index contributed by atoms with van der Waals surface area (Å²) in [6.07, 6.45) is 3.36. The molecule has 1 fully saturated rings. The van der Waals surface area contributed by atoms with E-state index in [0.29, 0.717) is 11.6 Å². The van der Waals surface area contributed by atoms with Gasteiger partial charge in [-0.05, 0) is 32.0 Å². The maximum absolute atomic E-state index is 13.2. The van der Waals surface area contributed by atoms with Gasteiger partial charge in [0.05, 0.1) is 5.69 Å². The Bertz CT molecular complexity index is 632. The van der Waals surface area contributed by atoms with Gasteiger partial charge in [0.25, 0.3) is 5.56 Å². The van der Waals surface area contributed by atoms with Crippen LogP contribution >= 0.6 is 0 Å². The first-order valence-corrected chi connectivity index (χ1v) is 6.13. The minimum absolute atomic E-state index is 0.145. The molecule has 0 spiro atoms. The van der Waals surface area contributed by atoms with Crippen molar-refractivity contribution in [3.63, 3.8) is 0 Å². The largest absolute Gasteiger partial charge is 0.317 e. The summed E-state index contributed by atoms with van der Waals surface area (Å²) in [4.78, 5) is 16.4. The maximum atomic E-state index is 13.2. The van der Waals surface area contributed by atoms with Crippen LogP contribution in [-0.2, 0) is 0 Å². The smallest absolute Gasteiger partial charge is 0.258 e. The molecular formula is C13H14FN3O. The van der Waals surface area contributed by atoms with Crippen molar-refractivity contribution in [1.82, 2.24) is 14.7 Å². The van der Waals surface area contributed by atoms with Crippen molar-refractivity contribution in [3.8, 4) is 0 Å². The summed E-state index contributed by atoms with van der Waals surface area (Å²) < 4.78 is 14.5. The second-order valence-electron chi connectivity index (χ2n) is 4.62. The third-order valence-electron chi connectivity index (χ3n) is 3.41. The molecule has 0 aliphatic carbocycles. The lowest BCUT2D eigenvalue weighted by atomic mass is 9.94. The highest BCUT2D eigenvalue weighted by atomic mass is 19.1. The van der Waals surface area contributed by atoms with E-state index in [-0.39, 0.29) is 11.4 Å². The molecule has 5 heteroatoms. The van der Waals surface area contributed by atoms with Crippen molar-refractivity contribution in [1.29, 1.82) is 0 Å². The second kappa shape index (κ2) is 4.49. The summed E-state index contributed by atoms with van der Waals surface area (Å²) in [6.45, 7) is 1.88. The van der Waals surface area contributed by atoms with Gasteiger partial charge in [-0.25, -0.2) is 9.37 Å². The molecule has 0 amide bonds. The van der Waals surface area contributed by atoms with Crippen LogP contribution in [0.25, 0.3) is 5.65 Å². The first kappa shape index (κ1) is 11.3. The van der Waals surface area contributed by atoms with Crippen molar-refractivity contribution < 1.29 is 4.39 Å². The lowest BCUT2D eigenvalue weighted by molar-refractivity contribution is 0.453. The van der Waals surface area contributed by atoms with Crippen molar-refractivity contribution >= 4 is 5.65 Å². The fraction of sp³-hybridized carbons (Fsp3) is 0.385. The zero-order valence-electron chi connectivity index (χ0n) is 9.90. The number of nitrogens with zero attached hydrogens (tertiary/aromatic N) is 2. The average Bonchev–Trinajstić information content (AvgIpc) is 2.39. The number of rotatable bonds is 1. The Kier molecular flexibility index (Phi) is 2.83. The molecule has 0 radical (unpaired) electrons. The van der Waals surface area contributed by atoms with E-state index in [1.54, 1.807) is 6.07 Å². The van der Waals surface area contributed by atoms with Gasteiger partial charge in [-0.15, -0.1) is 0 Å². The fourth-order valence-corrected chi connectivity index (χ4v) is 2.42. The number of piperidine rings is 1. The van der Waals surface area contributed by atoms with Gasteiger partial charge in [0.15, 0.2) is 0 Å². The predicted octanol–water partition coefficient (Wildman–Crippen LogP) is 1.30. The van der Waals surface area contributed by atoms with Crippen LogP contribution in [0.4, 0.5) is 4.39 Å². The standard InChI is InChI=1S/C13H14FN3O/c14-10-3-6-17-12(7-10)16-11(8-13(17)18)9-1-4-15-5-2-9/h3,6-9,15H,1-2,4-5H2. The Morgan fingerprint density at radius 1 is 1.33 bits per heavy atom. The van der Waals surface area contributed by atoms with Crippen molar-refractivity contribution in [2.24, 2.45) is 0 Å². The van der Waals surface area contributed by atoms with E-state index in [4.69, 9.17) is 0 Å². The topological polar surface area (TPSA) is 46.4 Å². The van der Waals surface area contributed by atoms with Gasteiger partial charge in [0.1, 0.15) is 11.5 Å². The third-order valence-corrected chi connectivity index (χ3v) is 3.41. The molecule has 3 rings (SSSR count). The van der Waals surface area contributed by atoms with Crippen LogP contribution in [0.2, 0.25) is 0 Å². The molecule has 0 bridgehead atoms. The number of nitrogens with one attached hydrogen (secondary N) is 1. The monoisotopic (exact) mass is 247 g/mol. The summed E-state index contributed by atoms with van der Waals surface area (Å²) in [7, 11) is 0. The number of hydrogen-bond donors (Lipinski definition) is 1. The van der Waals surface area contributed by atoms with Crippen LogP contribution in [0.1, 0.15) is 24.5 Å². The molecule has 18 heavy (non-hydrogen) atoms. The van der Waals surface area contributed by atoms with Crippen molar-refractivity contribution in [2.75, 3.05) is 13.1 Å². The van der Waals surface area contributed by atoms with Crippen LogP contribution in [0.5, 0.6) is 0 Å². The van der Waals surface area contributed by atoms with E-state index in [9.17, 15) is 9.18 Å². The molecule has 2 aromatic rings. The van der Waals surface area contributed by atoms with Crippen LogP contribution in [0, 0.1) is 5.82 Å². The van der Waals surface area contributed by atoms with Gasteiger partial charge < -0.3 is 5.32 Å². The first-order valence-electron chi connectivity index (χ1n) is 6.13. The zero-order valence-corrected chi connectivity index (χ0v) is 9.90. The van der Waals surface area contributed by atoms with Crippen LogP contribution < -0.4 is 10.9 Å². The van der Waals surface area contributed by atoms with Gasteiger partial charge in [0, 0.05) is 24.2 Å². The molecule has 2 aromatic heterocycles. The average molecular weight is 247 g/mol. The minimum Gasteiger partial charge on any atom is -0.317 e. The van der Waals surface area contributed by atoms with E-state index in [2.05, 4.69) is 10.3 Å². The van der Waals surface area contributed by atoms with Crippen LogP contribution in [0.3, 0.4) is 0 Å². The number of aromatic nitrogens is 2. The quantitative estimate of drug-likeness (QED) is 0.826. The molecule has 0 aromatic carbocycles. The number of fused-ring (bicyclic) bond motifs is 1. The highest BCUT2D eigenvalue weighted by Crippen LogP contribution is 2.22. The molecule has 4 nitrogen and oxygen atoms in total. The Labute approximate surface area is 103 Å². The Hall–Kier alpha value is -1.75. The number of halogens is 1. The highest BCUT2D eigenvalue weighted by Gasteiger charge is 2.17. The van der Waals surface area contributed by atoms with Crippen molar-refractivity contribution in [3.05, 3.63) is 46.3 Å². The fourth-order valence-electron chi connectivity index (χ4n) is 2.42. The van der Waals surface area contributed by atoms with E-state index in [1.165, 1.54) is 22.7 Å². The summed E-state index contributed by atoms with van der Waals surface area (Å²) >= 11 is 0. The third kappa shape index (κ3) is 2.01. The molecule has 1 aliphatic rings. The van der Waals surface area contributed by atoms with Gasteiger partial charge in [-0.1, -0.05) is 0 Å². The normalized spacial score (nSPS) is 17.2. The maximum Gasteiger partial charge on any atom is 0.258 e. The van der Waals surface area contributed by atoms with E-state index >= 15 is 0 Å². The molecule has 0 atom stereocenters. The molecule has 3 heterocycles. The molecule has 1 aliphatic heterocycles. The van der Waals surface area contributed by atoms with E-state index < -0.39 is 0 Å². The summed E-state index contributed by atoms with van der Waals surface area (Å²) in [5.41, 5.74) is 1.02. The van der Waals surface area contributed by atoms with Crippen LogP contribution in [0.15, 0.2) is 29.2 Å². The SMILES string of the molecule is O=c1cc(C2CCNCC2)nc2cc(F)ccn12. The second-order valence-corrected chi connectivity index (χ2v) is 4.62.